The smallest absolute Gasteiger partial charge is 0.295 e. The standard InChI is InChI=1S/C24H26N2O7/c1-15(2)33-14-4-13-25-21(16-7-11-19(32-3)12-8-16)20(23(28)24(25)29)22(27)17-5-9-18(10-6-17)26(30)31/h5-12,15,21,27H,4,13-14H2,1-3H3/t21-/m0/s1. The Hall–Kier alpha value is -3.72. The Balaban J connectivity index is 2.03. The van der Waals surface area contributed by atoms with E-state index in [4.69, 9.17) is 9.47 Å². The number of nitro groups is 1. The van der Waals surface area contributed by atoms with E-state index in [2.05, 4.69) is 0 Å². The molecule has 0 bridgehead atoms. The zero-order valence-electron chi connectivity index (χ0n) is 18.7. The molecule has 3 rings (SSSR count). The number of carbonyl (C=O) groups is 2. The molecular weight excluding hydrogens is 428 g/mol. The average molecular weight is 454 g/mol. The number of aliphatic hydroxyl groups excluding tert-OH is 1. The second-order valence-electron chi connectivity index (χ2n) is 7.84. The first-order valence-electron chi connectivity index (χ1n) is 10.5. The number of carbonyl (C=O) groups excluding carboxylic acids is 2. The van der Waals surface area contributed by atoms with Crippen LogP contribution in [0.5, 0.6) is 5.75 Å². The molecule has 0 saturated carbocycles. The third-order valence-corrected chi connectivity index (χ3v) is 5.32. The van der Waals surface area contributed by atoms with Crippen LogP contribution in [0.15, 0.2) is 54.1 Å². The Kier molecular flexibility index (Phi) is 7.44. The van der Waals surface area contributed by atoms with Crippen LogP contribution < -0.4 is 4.74 Å². The van der Waals surface area contributed by atoms with Gasteiger partial charge in [-0.15, -0.1) is 0 Å². The number of rotatable bonds is 9. The topological polar surface area (TPSA) is 119 Å². The fourth-order valence-electron chi connectivity index (χ4n) is 3.69. The maximum Gasteiger partial charge on any atom is 0.295 e. The highest BCUT2D eigenvalue weighted by molar-refractivity contribution is 6.46. The molecule has 0 radical (unpaired) electrons. The Morgan fingerprint density at radius 2 is 1.76 bits per heavy atom. The third kappa shape index (κ3) is 5.20. The molecule has 0 spiro atoms. The van der Waals surface area contributed by atoms with Gasteiger partial charge in [-0.1, -0.05) is 12.1 Å². The molecule has 33 heavy (non-hydrogen) atoms. The van der Waals surface area contributed by atoms with Crippen LogP contribution in [0.4, 0.5) is 5.69 Å². The number of ketones is 1. The number of Topliss-reactive ketones (excluding diaryl/α,β-unsaturated/α-hetero) is 1. The molecule has 0 aromatic heterocycles. The molecule has 9 heteroatoms. The van der Waals surface area contributed by atoms with Gasteiger partial charge in [0.1, 0.15) is 11.5 Å². The zero-order chi connectivity index (χ0) is 24.1. The molecule has 1 saturated heterocycles. The molecule has 0 aliphatic carbocycles. The number of amides is 1. The number of hydrogen-bond acceptors (Lipinski definition) is 7. The van der Waals surface area contributed by atoms with Gasteiger partial charge in [0.2, 0.25) is 0 Å². The predicted molar refractivity (Wildman–Crippen MR) is 121 cm³/mol. The molecule has 1 fully saturated rings. The van der Waals surface area contributed by atoms with Gasteiger partial charge in [-0.3, -0.25) is 19.7 Å². The zero-order valence-corrected chi connectivity index (χ0v) is 18.7. The summed E-state index contributed by atoms with van der Waals surface area (Å²) in [7, 11) is 1.53. The fraction of sp³-hybridized carbons (Fsp3) is 0.333. The lowest BCUT2D eigenvalue weighted by molar-refractivity contribution is -0.384. The minimum Gasteiger partial charge on any atom is -0.507 e. The van der Waals surface area contributed by atoms with Gasteiger partial charge in [-0.05, 0) is 50.1 Å². The van der Waals surface area contributed by atoms with Gasteiger partial charge in [0.05, 0.1) is 29.8 Å². The molecule has 1 aliphatic rings. The number of hydrogen-bond donors (Lipinski definition) is 1. The van der Waals surface area contributed by atoms with E-state index in [9.17, 15) is 24.8 Å². The minimum absolute atomic E-state index is 0.0416. The lowest BCUT2D eigenvalue weighted by Crippen LogP contribution is -2.31. The highest BCUT2D eigenvalue weighted by Crippen LogP contribution is 2.40. The Bertz CT molecular complexity index is 1060. The maximum absolute atomic E-state index is 13.0. The van der Waals surface area contributed by atoms with Gasteiger partial charge in [-0.2, -0.15) is 0 Å². The van der Waals surface area contributed by atoms with Gasteiger partial charge in [0.25, 0.3) is 17.4 Å². The summed E-state index contributed by atoms with van der Waals surface area (Å²) in [5.41, 5.74) is 0.621. The van der Waals surface area contributed by atoms with Crippen LogP contribution in [0, 0.1) is 10.1 Å². The van der Waals surface area contributed by atoms with E-state index in [0.29, 0.717) is 24.3 Å². The summed E-state index contributed by atoms with van der Waals surface area (Å²) < 4.78 is 10.7. The second-order valence-corrected chi connectivity index (χ2v) is 7.84. The number of aliphatic hydroxyl groups is 1. The van der Waals surface area contributed by atoms with Crippen LogP contribution >= 0.6 is 0 Å². The van der Waals surface area contributed by atoms with Crippen molar-refractivity contribution in [1.29, 1.82) is 0 Å². The summed E-state index contributed by atoms with van der Waals surface area (Å²) in [5, 5.41) is 21.9. The number of nitro benzene ring substituents is 1. The van der Waals surface area contributed by atoms with E-state index in [1.807, 2.05) is 13.8 Å². The van der Waals surface area contributed by atoms with Gasteiger partial charge in [0.15, 0.2) is 0 Å². The lowest BCUT2D eigenvalue weighted by Gasteiger charge is -2.25. The molecule has 1 aliphatic heterocycles. The van der Waals surface area contributed by atoms with Crippen molar-refractivity contribution in [3.8, 4) is 5.75 Å². The van der Waals surface area contributed by atoms with Gasteiger partial charge in [-0.25, -0.2) is 0 Å². The Morgan fingerprint density at radius 3 is 2.30 bits per heavy atom. The van der Waals surface area contributed by atoms with Crippen molar-refractivity contribution >= 4 is 23.1 Å². The van der Waals surface area contributed by atoms with Crippen molar-refractivity contribution in [2.45, 2.75) is 32.4 Å². The predicted octanol–water partition coefficient (Wildman–Crippen LogP) is 3.84. The van der Waals surface area contributed by atoms with E-state index in [1.165, 1.54) is 36.3 Å². The summed E-state index contributed by atoms with van der Waals surface area (Å²) in [6.45, 7) is 4.49. The van der Waals surface area contributed by atoms with E-state index in [-0.39, 0.29) is 35.2 Å². The molecule has 174 valence electrons. The number of nitrogens with zero attached hydrogens (tertiary/aromatic N) is 2. The van der Waals surface area contributed by atoms with E-state index in [0.717, 1.165) is 0 Å². The molecule has 2 aromatic carbocycles. The quantitative estimate of drug-likeness (QED) is 0.153. The van der Waals surface area contributed by atoms with Crippen LogP contribution in [0.1, 0.15) is 37.4 Å². The minimum atomic E-state index is -0.815. The Morgan fingerprint density at radius 1 is 1.12 bits per heavy atom. The van der Waals surface area contributed by atoms with Crippen molar-refractivity contribution in [1.82, 2.24) is 4.90 Å². The van der Waals surface area contributed by atoms with Gasteiger partial charge in [0, 0.05) is 30.8 Å². The second kappa shape index (κ2) is 10.3. The van der Waals surface area contributed by atoms with E-state index < -0.39 is 22.7 Å². The number of benzene rings is 2. The number of ether oxygens (including phenoxy) is 2. The molecule has 1 N–H and O–H groups in total. The monoisotopic (exact) mass is 454 g/mol. The van der Waals surface area contributed by atoms with Crippen molar-refractivity contribution in [2.75, 3.05) is 20.3 Å². The molecule has 0 unspecified atom stereocenters. The Labute approximate surface area is 191 Å². The SMILES string of the molecule is COc1ccc([C@H]2C(=C(O)c3ccc([N+](=O)[O-])cc3)C(=O)C(=O)N2CCCOC(C)C)cc1. The van der Waals surface area contributed by atoms with Gasteiger partial charge < -0.3 is 19.5 Å². The van der Waals surface area contributed by atoms with Crippen molar-refractivity contribution in [3.05, 3.63) is 75.3 Å². The van der Waals surface area contributed by atoms with Crippen LogP contribution in [-0.4, -0.2) is 53.0 Å². The van der Waals surface area contributed by atoms with E-state index in [1.54, 1.807) is 24.3 Å². The van der Waals surface area contributed by atoms with Crippen molar-refractivity contribution in [3.63, 3.8) is 0 Å². The van der Waals surface area contributed by atoms with Gasteiger partial charge >= 0.3 is 0 Å². The molecule has 1 heterocycles. The number of non-ortho nitro benzene ring substituents is 1. The van der Waals surface area contributed by atoms with Crippen LogP contribution in [0.25, 0.3) is 5.76 Å². The fourth-order valence-corrected chi connectivity index (χ4v) is 3.69. The van der Waals surface area contributed by atoms with Crippen molar-refractivity contribution in [2.24, 2.45) is 0 Å². The van der Waals surface area contributed by atoms with Crippen LogP contribution in [0.2, 0.25) is 0 Å². The summed E-state index contributed by atoms with van der Waals surface area (Å²) in [6.07, 6.45) is 0.551. The largest absolute Gasteiger partial charge is 0.507 e. The summed E-state index contributed by atoms with van der Waals surface area (Å²) in [6, 6.07) is 11.2. The molecule has 1 atom stereocenters. The first-order chi connectivity index (χ1) is 15.7. The summed E-state index contributed by atoms with van der Waals surface area (Å²) in [4.78, 5) is 37.7. The van der Waals surface area contributed by atoms with E-state index >= 15 is 0 Å². The third-order valence-electron chi connectivity index (χ3n) is 5.32. The van der Waals surface area contributed by atoms with Crippen LogP contribution in [0.3, 0.4) is 0 Å². The van der Waals surface area contributed by atoms with Crippen molar-refractivity contribution < 1.29 is 29.1 Å². The maximum atomic E-state index is 13.0. The number of methoxy groups -OCH3 is 1. The first kappa shape index (κ1) is 23.9. The molecule has 1 amide bonds. The highest BCUT2D eigenvalue weighted by atomic mass is 16.6. The average Bonchev–Trinajstić information content (AvgIpc) is 3.06. The molecule has 2 aromatic rings. The lowest BCUT2D eigenvalue weighted by atomic mass is 9.95. The first-order valence-corrected chi connectivity index (χ1v) is 10.5. The van der Waals surface area contributed by atoms with Crippen LogP contribution in [-0.2, 0) is 14.3 Å². The molecular formula is C24H26N2O7. The summed E-state index contributed by atoms with van der Waals surface area (Å²) >= 11 is 0. The number of likely N-dealkylation sites (tertiary alicyclic amines) is 1. The molecule has 9 nitrogen and oxygen atoms in total. The summed E-state index contributed by atoms with van der Waals surface area (Å²) in [5.74, 6) is -1.30. The highest BCUT2D eigenvalue weighted by Gasteiger charge is 2.45. The normalized spacial score (nSPS) is 17.6.